The lowest BCUT2D eigenvalue weighted by atomic mass is 9.91. The average molecular weight is 640 g/mol. The van der Waals surface area contributed by atoms with Crippen LogP contribution in [0.25, 0.3) is 6.08 Å². The largest absolute Gasteiger partial charge is 0.478 e. The molecule has 1 rings (SSSR count). The van der Waals surface area contributed by atoms with Crippen LogP contribution in [0.2, 0.25) is 0 Å². The van der Waals surface area contributed by atoms with Gasteiger partial charge in [-0.05, 0) is 42.4 Å². The van der Waals surface area contributed by atoms with Gasteiger partial charge in [-0.25, -0.2) is 19.2 Å². The number of carboxylic acid groups (broad SMARTS) is 4. The highest BCUT2D eigenvalue weighted by Gasteiger charge is 2.16. The Balaban J connectivity index is 0. The Hall–Kier alpha value is -3.20. The summed E-state index contributed by atoms with van der Waals surface area (Å²) in [4.78, 5) is 42.6. The van der Waals surface area contributed by atoms with Crippen LogP contribution in [-0.4, -0.2) is 44.3 Å². The lowest BCUT2D eigenvalue weighted by Crippen LogP contribution is -2.09. The second-order valence-electron chi connectivity index (χ2n) is 9.62. The van der Waals surface area contributed by atoms with Crippen molar-refractivity contribution in [3.05, 3.63) is 64.2 Å². The molecule has 0 saturated heterocycles. The van der Waals surface area contributed by atoms with Gasteiger partial charge in [0.15, 0.2) is 0 Å². The number of rotatable bonds is 17. The molecule has 9 heteroatoms. The normalized spacial score (nSPS) is 12.5. The van der Waals surface area contributed by atoms with Crippen LogP contribution in [-0.2, 0) is 19.2 Å². The molecule has 41 heavy (non-hydrogen) atoms. The number of hydrogen-bond donors (Lipinski definition) is 4. The molecule has 2 atom stereocenters. The second-order valence-corrected chi connectivity index (χ2v) is 10.5. The highest BCUT2D eigenvalue weighted by atomic mass is 79.9. The fourth-order valence-electron chi connectivity index (χ4n) is 3.82. The predicted octanol–water partition coefficient (Wildman–Crippen LogP) is 8.47. The van der Waals surface area contributed by atoms with E-state index in [2.05, 4.69) is 36.4 Å². The molecule has 1 aromatic carbocycles. The zero-order chi connectivity index (χ0) is 31.8. The Morgan fingerprint density at radius 2 is 1.10 bits per heavy atom. The summed E-state index contributed by atoms with van der Waals surface area (Å²) in [7, 11) is 0. The maximum Gasteiger partial charge on any atom is 0.331 e. The van der Waals surface area contributed by atoms with Crippen molar-refractivity contribution < 1.29 is 39.6 Å². The van der Waals surface area contributed by atoms with Crippen molar-refractivity contribution in [2.45, 2.75) is 91.9 Å². The molecule has 8 nitrogen and oxygen atoms in total. The van der Waals surface area contributed by atoms with Crippen LogP contribution in [0.3, 0.4) is 0 Å². The van der Waals surface area contributed by atoms with E-state index in [0.29, 0.717) is 12.8 Å². The predicted molar refractivity (Wildman–Crippen MR) is 167 cm³/mol. The number of unbranched alkanes of at least 4 members (excludes halogenated alkanes) is 2. The molecule has 0 spiro atoms. The average Bonchev–Trinajstić information content (AvgIpc) is 2.92. The minimum absolute atomic E-state index is 0.00421. The monoisotopic (exact) mass is 638 g/mol. The van der Waals surface area contributed by atoms with Gasteiger partial charge in [-0.3, -0.25) is 0 Å². The molecule has 0 saturated carbocycles. The van der Waals surface area contributed by atoms with Crippen molar-refractivity contribution in [1.82, 2.24) is 0 Å². The summed E-state index contributed by atoms with van der Waals surface area (Å²) in [5, 5.41) is 34.8. The molecule has 4 N–H and O–H groups in total. The van der Waals surface area contributed by atoms with Gasteiger partial charge in [0.25, 0.3) is 0 Å². The number of halogens is 1. The fourth-order valence-corrected chi connectivity index (χ4v) is 4.09. The summed E-state index contributed by atoms with van der Waals surface area (Å²) in [6.07, 6.45) is 12.0. The van der Waals surface area contributed by atoms with Crippen molar-refractivity contribution in [1.29, 1.82) is 0 Å². The lowest BCUT2D eigenvalue weighted by molar-refractivity contribution is -0.135. The van der Waals surface area contributed by atoms with E-state index in [-0.39, 0.29) is 23.0 Å². The van der Waals surface area contributed by atoms with Crippen LogP contribution in [0.4, 0.5) is 0 Å². The second kappa shape index (κ2) is 24.6. The van der Waals surface area contributed by atoms with Gasteiger partial charge >= 0.3 is 23.9 Å². The van der Waals surface area contributed by atoms with Crippen LogP contribution in [0.5, 0.6) is 0 Å². The van der Waals surface area contributed by atoms with Crippen LogP contribution < -0.4 is 0 Å². The summed E-state index contributed by atoms with van der Waals surface area (Å²) in [6.45, 7) is 11.8. The number of aliphatic carboxylic acids is 4. The quantitative estimate of drug-likeness (QED) is 0.124. The van der Waals surface area contributed by atoms with Crippen molar-refractivity contribution in [2.75, 3.05) is 0 Å². The van der Waals surface area contributed by atoms with Gasteiger partial charge in [0.05, 0.1) is 0 Å². The van der Waals surface area contributed by atoms with E-state index >= 15 is 0 Å². The maximum atomic E-state index is 10.8. The smallest absolute Gasteiger partial charge is 0.331 e. The van der Waals surface area contributed by atoms with Crippen LogP contribution >= 0.6 is 15.9 Å². The standard InChI is InChI=1S/2C12H20O4.C8H7Br/c2*1-3-5-6-9(4-2)7-10(12(15)16)8-11(13)14;1-2-7-3-5-8(9)6-4-7/h2*8-9H,3-7H2,1-2H3,(H,13,14)(H,15,16);2-6H,1H2/b2*10-8+;. The third-order valence-electron chi connectivity index (χ3n) is 6.35. The zero-order valence-electron chi connectivity index (χ0n) is 24.8. The Labute approximate surface area is 253 Å². The van der Waals surface area contributed by atoms with Crippen molar-refractivity contribution in [2.24, 2.45) is 11.8 Å². The first-order chi connectivity index (χ1) is 19.3. The summed E-state index contributed by atoms with van der Waals surface area (Å²) >= 11 is 3.34. The molecule has 0 fully saturated rings. The summed E-state index contributed by atoms with van der Waals surface area (Å²) in [5.41, 5.74) is 1.14. The highest BCUT2D eigenvalue weighted by Crippen LogP contribution is 2.22. The first kappa shape index (κ1) is 39.9. The first-order valence-corrected chi connectivity index (χ1v) is 14.9. The molecule has 0 amide bonds. The van der Waals surface area contributed by atoms with Gasteiger partial charge in [0.2, 0.25) is 0 Å². The van der Waals surface area contributed by atoms with Gasteiger partial charge < -0.3 is 20.4 Å². The third kappa shape index (κ3) is 22.2. The first-order valence-electron chi connectivity index (χ1n) is 14.1. The number of carboxylic acids is 4. The van der Waals surface area contributed by atoms with E-state index in [4.69, 9.17) is 20.4 Å². The van der Waals surface area contributed by atoms with Gasteiger partial charge in [-0.1, -0.05) is 120 Å². The molecule has 230 valence electrons. The number of benzene rings is 1. The van der Waals surface area contributed by atoms with E-state index in [1.165, 1.54) is 0 Å². The topological polar surface area (TPSA) is 149 Å². The number of hydrogen-bond acceptors (Lipinski definition) is 4. The van der Waals surface area contributed by atoms with Crippen LogP contribution in [0, 0.1) is 11.8 Å². The molecule has 0 bridgehead atoms. The van der Waals surface area contributed by atoms with Gasteiger partial charge in [-0.2, -0.15) is 0 Å². The molecular formula is C32H47BrO8. The molecule has 0 heterocycles. The number of carbonyl (C=O) groups is 4. The lowest BCUT2D eigenvalue weighted by Gasteiger charge is -2.14. The van der Waals surface area contributed by atoms with Crippen LogP contribution in [0.1, 0.15) is 97.5 Å². The summed E-state index contributed by atoms with van der Waals surface area (Å²) in [5.74, 6) is -4.11. The maximum absolute atomic E-state index is 10.8. The molecule has 0 aromatic heterocycles. The van der Waals surface area contributed by atoms with Crippen LogP contribution in [0.15, 0.2) is 58.6 Å². The Bertz CT molecular complexity index is 939. The summed E-state index contributed by atoms with van der Waals surface area (Å²) in [6, 6.07) is 8.02. The Morgan fingerprint density at radius 1 is 0.732 bits per heavy atom. The Morgan fingerprint density at radius 3 is 1.34 bits per heavy atom. The zero-order valence-corrected chi connectivity index (χ0v) is 26.4. The SMILES string of the molecule is C=Cc1ccc(Br)cc1.CCCCC(CC)C/C(=C\C(=O)O)C(=O)O.CCCCC(CC)C/C(=C\C(=O)O)C(=O)O. The molecule has 0 aliphatic heterocycles. The minimum atomic E-state index is -1.19. The van der Waals surface area contributed by atoms with Gasteiger partial charge in [0, 0.05) is 27.8 Å². The van der Waals surface area contributed by atoms with Gasteiger partial charge in [0.1, 0.15) is 0 Å². The van der Waals surface area contributed by atoms with Crippen molar-refractivity contribution in [3.8, 4) is 0 Å². The third-order valence-corrected chi connectivity index (χ3v) is 6.88. The van der Waals surface area contributed by atoms with E-state index in [1.807, 2.05) is 44.2 Å². The van der Waals surface area contributed by atoms with E-state index in [9.17, 15) is 19.2 Å². The molecule has 2 unspecified atom stereocenters. The fraction of sp³-hybridized carbons (Fsp3) is 0.500. The van der Waals surface area contributed by atoms with Gasteiger partial charge in [-0.15, -0.1) is 0 Å². The van der Waals surface area contributed by atoms with Crippen molar-refractivity contribution in [3.63, 3.8) is 0 Å². The van der Waals surface area contributed by atoms with E-state index in [1.54, 1.807) is 0 Å². The molecular weight excluding hydrogens is 592 g/mol. The minimum Gasteiger partial charge on any atom is -0.478 e. The highest BCUT2D eigenvalue weighted by molar-refractivity contribution is 9.10. The molecule has 0 aliphatic rings. The molecule has 1 aromatic rings. The molecule has 0 aliphatic carbocycles. The molecule has 0 radical (unpaired) electrons. The Kier molecular flexibility index (Phi) is 23.9. The summed E-state index contributed by atoms with van der Waals surface area (Å²) < 4.78 is 1.10. The van der Waals surface area contributed by atoms with Crippen molar-refractivity contribution >= 4 is 45.9 Å². The van der Waals surface area contributed by atoms with E-state index < -0.39 is 23.9 Å². The van der Waals surface area contributed by atoms with E-state index in [0.717, 1.165) is 73.6 Å².